The van der Waals surface area contributed by atoms with E-state index in [4.69, 9.17) is 15.5 Å². The second kappa shape index (κ2) is 15.7. The molecule has 0 spiro atoms. The van der Waals surface area contributed by atoms with E-state index >= 15 is 4.39 Å². The molecule has 0 fully saturated rings. The van der Waals surface area contributed by atoms with Gasteiger partial charge in [0.05, 0.1) is 54.7 Å². The highest BCUT2D eigenvalue weighted by atomic mass is 19.1. The van der Waals surface area contributed by atoms with Crippen LogP contribution in [0.25, 0.3) is 22.3 Å². The number of fused-ring (bicyclic) bond motifs is 5. The molecule has 0 bridgehead atoms. The number of hydrogen-bond donors (Lipinski definition) is 7. The van der Waals surface area contributed by atoms with Crippen LogP contribution < -0.4 is 37.9 Å². The highest BCUT2D eigenvalue weighted by Gasteiger charge is 2.46. The minimum atomic E-state index is -2.04. The Bertz CT molecular complexity index is 2470. The number of aromatic nitrogens is 2. The van der Waals surface area contributed by atoms with Gasteiger partial charge in [-0.05, 0) is 54.5 Å². The molecule has 8 N–H and O–H groups in total. The lowest BCUT2D eigenvalue weighted by atomic mass is 9.81. The van der Waals surface area contributed by atoms with Gasteiger partial charge in [-0.1, -0.05) is 37.3 Å². The van der Waals surface area contributed by atoms with Gasteiger partial charge in [-0.3, -0.25) is 24.0 Å². The first-order valence-corrected chi connectivity index (χ1v) is 18.7. The predicted octanol–water partition coefficient (Wildman–Crippen LogP) is 0.259. The Labute approximate surface area is 329 Å². The average molecular weight is 797 g/mol. The van der Waals surface area contributed by atoms with Crippen LogP contribution in [0.2, 0.25) is 0 Å². The molecule has 2 aromatic heterocycles. The van der Waals surface area contributed by atoms with E-state index in [1.54, 1.807) is 50.2 Å². The number of ether oxygens (including phenoxy) is 1. The van der Waals surface area contributed by atoms with Gasteiger partial charge < -0.3 is 46.7 Å². The Balaban J connectivity index is 1.08. The van der Waals surface area contributed by atoms with E-state index in [0.717, 1.165) is 11.1 Å². The number of carbonyl (C=O) groups is 6. The summed E-state index contributed by atoms with van der Waals surface area (Å²) < 4.78 is 21.9. The molecular weight excluding hydrogens is 755 g/mol. The Morgan fingerprint density at radius 1 is 1.00 bits per heavy atom. The van der Waals surface area contributed by atoms with Crippen molar-refractivity contribution in [1.29, 1.82) is 0 Å². The minimum Gasteiger partial charge on any atom is -0.458 e. The Kier molecular flexibility index (Phi) is 10.7. The number of aliphatic hydroxyl groups is 1. The lowest BCUT2D eigenvalue weighted by Gasteiger charge is -2.31. The minimum absolute atomic E-state index is 0.0412. The maximum Gasteiger partial charge on any atom is 0.343 e. The second-order valence-electron chi connectivity index (χ2n) is 14.5. The van der Waals surface area contributed by atoms with Crippen molar-refractivity contribution in [2.75, 3.05) is 19.6 Å². The maximum absolute atomic E-state index is 15.3. The molecule has 17 nitrogen and oxygen atoms in total. The fourth-order valence-electron chi connectivity index (χ4n) is 7.95. The van der Waals surface area contributed by atoms with Gasteiger partial charge in [0, 0.05) is 29.0 Å². The van der Waals surface area contributed by atoms with Crippen LogP contribution in [0.1, 0.15) is 64.8 Å². The van der Waals surface area contributed by atoms with Crippen molar-refractivity contribution >= 4 is 46.5 Å². The second-order valence-corrected chi connectivity index (χ2v) is 14.5. The molecule has 2 aromatic carbocycles. The van der Waals surface area contributed by atoms with Crippen molar-refractivity contribution in [3.05, 3.63) is 97.6 Å². The molecule has 3 aliphatic rings. The van der Waals surface area contributed by atoms with Crippen molar-refractivity contribution in [3.8, 4) is 11.4 Å². The van der Waals surface area contributed by atoms with Crippen molar-refractivity contribution in [3.63, 3.8) is 0 Å². The molecule has 1 aliphatic carbocycles. The zero-order valence-electron chi connectivity index (χ0n) is 31.6. The number of halogens is 1. The molecule has 3 atom stereocenters. The van der Waals surface area contributed by atoms with E-state index in [9.17, 15) is 38.7 Å². The smallest absolute Gasteiger partial charge is 0.343 e. The van der Waals surface area contributed by atoms with Crippen LogP contribution in [0.4, 0.5) is 9.18 Å². The van der Waals surface area contributed by atoms with Gasteiger partial charge in [0.1, 0.15) is 18.5 Å². The van der Waals surface area contributed by atoms with Crippen LogP contribution in [0.5, 0.6) is 0 Å². The quantitative estimate of drug-likeness (QED) is 0.0849. The molecule has 4 aromatic rings. The molecule has 0 saturated heterocycles. The number of hydrogen-bond acceptors (Lipinski definition) is 10. The number of nitrogens with two attached hydrogens (primary N) is 1. The number of amides is 6. The summed E-state index contributed by atoms with van der Waals surface area (Å²) in [6.45, 7) is 1.57. The summed E-state index contributed by atoms with van der Waals surface area (Å²) in [6, 6.07) is 9.03. The van der Waals surface area contributed by atoms with Gasteiger partial charge in [-0.2, -0.15) is 0 Å². The molecule has 1 unspecified atom stereocenters. The zero-order valence-corrected chi connectivity index (χ0v) is 31.6. The largest absolute Gasteiger partial charge is 0.458 e. The van der Waals surface area contributed by atoms with E-state index in [0.29, 0.717) is 51.8 Å². The summed E-state index contributed by atoms with van der Waals surface area (Å²) in [6.07, 6.45) is 0.807. The lowest BCUT2D eigenvalue weighted by molar-refractivity contribution is -0.172. The number of urea groups is 1. The number of cyclic esters (lactones) is 1. The van der Waals surface area contributed by atoms with Crippen LogP contribution in [0.3, 0.4) is 0 Å². The first kappa shape index (κ1) is 39.5. The van der Waals surface area contributed by atoms with E-state index in [-0.39, 0.29) is 37.1 Å². The number of rotatable bonds is 12. The van der Waals surface area contributed by atoms with E-state index in [1.807, 2.05) is 0 Å². The third kappa shape index (κ3) is 7.33. The van der Waals surface area contributed by atoms with Gasteiger partial charge in [-0.15, -0.1) is 0 Å². The Morgan fingerprint density at radius 3 is 2.45 bits per heavy atom. The summed E-state index contributed by atoms with van der Waals surface area (Å²) in [5.74, 6) is -3.94. The molecule has 6 amide bonds. The third-order valence-corrected chi connectivity index (χ3v) is 10.9. The van der Waals surface area contributed by atoms with Crippen molar-refractivity contribution in [2.24, 2.45) is 5.73 Å². The topological polar surface area (TPSA) is 253 Å². The number of primary amides is 1. The van der Waals surface area contributed by atoms with Gasteiger partial charge >= 0.3 is 12.0 Å². The van der Waals surface area contributed by atoms with Crippen LogP contribution in [-0.4, -0.2) is 76.0 Å². The molecule has 0 saturated carbocycles. The van der Waals surface area contributed by atoms with Crippen LogP contribution in [0, 0.1) is 12.7 Å². The SMILES string of the molecule is CC[C@@]1(O)C(=O)OCc2c1cc1n(c2=O)Cc2c-1nc1cc(F)c(C)c3c1c2[C@@H](NC(=O)CNC(=O)CNC(=O)C(Cc1ccccc1)NC(=O)CNC(N)=O)CC3. The fraction of sp³-hybridized carbons (Fsp3) is 0.350. The predicted molar refractivity (Wildman–Crippen MR) is 204 cm³/mol. The van der Waals surface area contributed by atoms with Gasteiger partial charge in [0.2, 0.25) is 23.6 Å². The first-order chi connectivity index (χ1) is 27.7. The molecule has 58 heavy (non-hydrogen) atoms. The van der Waals surface area contributed by atoms with Crippen LogP contribution >= 0.6 is 0 Å². The Hall–Kier alpha value is -6.69. The number of esters is 1. The number of aryl methyl sites for hydroxylation is 1. The molecule has 4 heterocycles. The van der Waals surface area contributed by atoms with Gasteiger partial charge in [0.25, 0.3) is 5.56 Å². The standard InChI is InChI=1S/C40H41FN8O9/c1-3-40(57)24-12-29-35-22(17-49(29)37(54)23(24)18-58-38(40)55)34-26(10-9-21-19(2)25(41)13-27(48-35)33(21)34)46-31(51)15-43-30(50)14-44-36(53)28(11-20-7-5-4-6-8-20)47-32(52)16-45-39(42)56/h4-8,12-13,26,28,57H,3,9-11,14-18H2,1-2H3,(H,43,50)(H,44,53)(H,46,51)(H,47,52)(H3,42,45,56)/t26-,28?,40-/m0/s1. The summed E-state index contributed by atoms with van der Waals surface area (Å²) in [7, 11) is 0. The number of nitrogens with one attached hydrogen (secondary N) is 5. The maximum atomic E-state index is 15.3. The molecule has 302 valence electrons. The lowest BCUT2D eigenvalue weighted by Crippen LogP contribution is -2.52. The highest BCUT2D eigenvalue weighted by Crippen LogP contribution is 2.46. The number of nitrogens with zero attached hydrogens (tertiary/aromatic N) is 2. The number of pyridine rings is 2. The summed E-state index contributed by atoms with van der Waals surface area (Å²) >= 11 is 0. The summed E-state index contributed by atoms with van der Waals surface area (Å²) in [4.78, 5) is 94.2. The van der Waals surface area contributed by atoms with Crippen molar-refractivity contribution in [2.45, 2.75) is 70.4 Å². The summed E-state index contributed by atoms with van der Waals surface area (Å²) in [5.41, 5.74) is 6.94. The van der Waals surface area contributed by atoms with Gasteiger partial charge in [-0.25, -0.2) is 19.0 Å². The average Bonchev–Trinajstić information content (AvgIpc) is 3.58. The van der Waals surface area contributed by atoms with Crippen molar-refractivity contribution in [1.82, 2.24) is 36.1 Å². The van der Waals surface area contributed by atoms with Crippen LogP contribution in [-0.2, 0) is 60.3 Å². The number of benzene rings is 2. The van der Waals surface area contributed by atoms with Gasteiger partial charge in [0.15, 0.2) is 5.60 Å². The number of carbonyl (C=O) groups excluding carboxylic acids is 6. The van der Waals surface area contributed by atoms with Crippen LogP contribution in [0.15, 0.2) is 47.3 Å². The molecule has 18 heteroatoms. The zero-order chi connectivity index (χ0) is 41.5. The monoisotopic (exact) mass is 796 g/mol. The highest BCUT2D eigenvalue weighted by molar-refractivity contribution is 5.95. The molecule has 7 rings (SSSR count). The first-order valence-electron chi connectivity index (χ1n) is 18.7. The van der Waals surface area contributed by atoms with E-state index in [1.165, 1.54) is 10.6 Å². The molecule has 0 radical (unpaired) electrons. The Morgan fingerprint density at radius 2 is 1.72 bits per heavy atom. The summed E-state index contributed by atoms with van der Waals surface area (Å²) in [5, 5.41) is 24.6. The third-order valence-electron chi connectivity index (χ3n) is 10.9. The molecular formula is C40H41FN8O9. The normalized spacial score (nSPS) is 17.9. The molecule has 2 aliphatic heterocycles. The van der Waals surface area contributed by atoms with Crippen molar-refractivity contribution < 1.29 is 43.0 Å². The fourth-order valence-corrected chi connectivity index (χ4v) is 7.95. The van der Waals surface area contributed by atoms with E-state index < -0.39 is 84.3 Å². The van der Waals surface area contributed by atoms with E-state index in [2.05, 4.69) is 26.6 Å².